The Morgan fingerprint density at radius 1 is 0.642 bits per heavy atom. The number of nitrogens with one attached hydrogen (secondary N) is 6. The van der Waals surface area contributed by atoms with Gasteiger partial charge in [-0.05, 0) is 46.0 Å². The first-order chi connectivity index (χ1) is 24.5. The molecule has 0 aliphatic heterocycles. The molecule has 0 saturated heterocycles. The molecule has 0 bridgehead atoms. The van der Waals surface area contributed by atoms with E-state index in [0.29, 0.717) is 0 Å². The lowest BCUT2D eigenvalue weighted by atomic mass is 10.0. The summed E-state index contributed by atoms with van der Waals surface area (Å²) in [5, 5.41) is 52.2. The third-order valence-electron chi connectivity index (χ3n) is 7.36. The van der Waals surface area contributed by atoms with Gasteiger partial charge in [0.2, 0.25) is 41.4 Å². The Labute approximate surface area is 305 Å². The molecule has 53 heavy (non-hydrogen) atoms. The van der Waals surface area contributed by atoms with Crippen molar-refractivity contribution in [2.75, 3.05) is 13.2 Å². The average molecular weight is 762 g/mol. The van der Waals surface area contributed by atoms with Gasteiger partial charge >= 0.3 is 5.97 Å². The molecule has 0 unspecified atom stereocenters. The van der Waals surface area contributed by atoms with E-state index in [9.17, 15) is 58.8 Å². The van der Waals surface area contributed by atoms with Gasteiger partial charge in [0.05, 0.1) is 31.3 Å². The van der Waals surface area contributed by atoms with Crippen LogP contribution < -0.4 is 54.8 Å². The summed E-state index contributed by atoms with van der Waals surface area (Å²) in [5.41, 5.74) is 21.8. The van der Waals surface area contributed by atoms with E-state index in [0.717, 1.165) is 6.92 Å². The van der Waals surface area contributed by atoms with Gasteiger partial charge in [0.15, 0.2) is 12.0 Å². The molecule has 0 aromatic heterocycles. The number of aliphatic hydroxyl groups is 3. The predicted octanol–water partition coefficient (Wildman–Crippen LogP) is -6.94. The van der Waals surface area contributed by atoms with Crippen LogP contribution in [0.3, 0.4) is 0 Å². The van der Waals surface area contributed by atoms with Crippen molar-refractivity contribution in [1.29, 1.82) is 0 Å². The van der Waals surface area contributed by atoms with Crippen molar-refractivity contribution in [3.63, 3.8) is 0 Å². The summed E-state index contributed by atoms with van der Waals surface area (Å²) >= 11 is 0. The SMILES string of the molecule is CC(C)C[C@H](N)C(=O)N[C@H](C(=O)N[C@@H](CO)C(=O)N[C@@H](CC(N)=O)C(=O)N[C@@H](CCCN=C(N)N)C(=O)N[C@@H](C)C(=O)N[C@H](C(=O)O)[C@@H](C)O)[C@@H](C)O. The molecule has 0 heterocycles. The number of guanidine groups is 1. The number of aliphatic imine (C=N–C) groups is 1. The van der Waals surface area contributed by atoms with Crippen LogP contribution in [0.4, 0.5) is 0 Å². The molecule has 0 aliphatic carbocycles. The number of carboxylic acid groups (broad SMARTS) is 1. The molecule has 9 atom stereocenters. The van der Waals surface area contributed by atoms with Gasteiger partial charge in [-0.15, -0.1) is 0 Å². The summed E-state index contributed by atoms with van der Waals surface area (Å²) in [6.45, 7) is 6.06. The fourth-order valence-corrected chi connectivity index (χ4v) is 4.51. The van der Waals surface area contributed by atoms with E-state index in [2.05, 4.69) is 36.9 Å². The highest BCUT2D eigenvalue weighted by Crippen LogP contribution is 2.06. The number of carbonyl (C=O) groups excluding carboxylic acids is 7. The maximum absolute atomic E-state index is 13.4. The summed E-state index contributed by atoms with van der Waals surface area (Å²) in [6.07, 6.45) is -3.64. The first kappa shape index (κ1) is 47.9. The quantitative estimate of drug-likeness (QED) is 0.0247. The Kier molecular flexibility index (Phi) is 21.2. The lowest BCUT2D eigenvalue weighted by Crippen LogP contribution is -2.62. The Balaban J connectivity index is 6.04. The maximum Gasteiger partial charge on any atom is 0.328 e. The van der Waals surface area contributed by atoms with Gasteiger partial charge < -0.3 is 75.3 Å². The van der Waals surface area contributed by atoms with Crippen LogP contribution >= 0.6 is 0 Å². The molecule has 0 radical (unpaired) electrons. The number of rotatable bonds is 24. The number of hydrogen-bond donors (Lipinski definition) is 14. The Morgan fingerprint density at radius 3 is 1.60 bits per heavy atom. The third kappa shape index (κ3) is 18.3. The molecule has 0 spiro atoms. The molecule has 23 heteroatoms. The molecule has 0 saturated carbocycles. The van der Waals surface area contributed by atoms with Crippen molar-refractivity contribution in [2.24, 2.45) is 33.8 Å². The summed E-state index contributed by atoms with van der Waals surface area (Å²) in [4.78, 5) is 105. The van der Waals surface area contributed by atoms with Gasteiger partial charge in [0.25, 0.3) is 0 Å². The van der Waals surface area contributed by atoms with Crippen LogP contribution in [0.2, 0.25) is 0 Å². The van der Waals surface area contributed by atoms with Crippen LogP contribution in [0.5, 0.6) is 0 Å². The highest BCUT2D eigenvalue weighted by Gasteiger charge is 2.34. The van der Waals surface area contributed by atoms with Crippen molar-refractivity contribution in [3.8, 4) is 0 Å². The summed E-state index contributed by atoms with van der Waals surface area (Å²) < 4.78 is 0. The van der Waals surface area contributed by atoms with Crippen molar-refractivity contribution in [3.05, 3.63) is 0 Å². The van der Waals surface area contributed by atoms with Crippen LogP contribution in [0.15, 0.2) is 4.99 Å². The largest absolute Gasteiger partial charge is 0.480 e. The molecule has 0 aromatic rings. The molecule has 0 rings (SSSR count). The fraction of sp³-hybridized carbons (Fsp3) is 0.700. The monoisotopic (exact) mass is 761 g/mol. The van der Waals surface area contributed by atoms with Gasteiger partial charge in [-0.25, -0.2) is 4.79 Å². The van der Waals surface area contributed by atoms with E-state index in [-0.39, 0.29) is 37.7 Å². The number of hydrogen-bond acceptors (Lipinski definition) is 13. The first-order valence-corrected chi connectivity index (χ1v) is 16.6. The van der Waals surface area contributed by atoms with Crippen molar-refractivity contribution >= 4 is 53.3 Å². The van der Waals surface area contributed by atoms with Gasteiger partial charge in [-0.3, -0.25) is 38.6 Å². The van der Waals surface area contributed by atoms with Gasteiger partial charge in [-0.1, -0.05) is 13.8 Å². The minimum Gasteiger partial charge on any atom is -0.480 e. The minimum absolute atomic E-state index is 0.0103. The molecule has 7 amide bonds. The van der Waals surface area contributed by atoms with Crippen molar-refractivity contribution < 1.29 is 58.8 Å². The molecule has 18 N–H and O–H groups in total. The zero-order valence-corrected chi connectivity index (χ0v) is 30.3. The van der Waals surface area contributed by atoms with Crippen molar-refractivity contribution in [1.82, 2.24) is 31.9 Å². The second kappa shape index (κ2) is 23.4. The highest BCUT2D eigenvalue weighted by molar-refractivity contribution is 5.98. The smallest absolute Gasteiger partial charge is 0.328 e. The number of primary amides is 1. The summed E-state index contributed by atoms with van der Waals surface area (Å²) in [6, 6.07) is -10.8. The lowest BCUT2D eigenvalue weighted by molar-refractivity contribution is -0.145. The maximum atomic E-state index is 13.4. The van der Waals surface area contributed by atoms with E-state index >= 15 is 0 Å². The Bertz CT molecular complexity index is 1320. The van der Waals surface area contributed by atoms with Gasteiger partial charge in [0, 0.05) is 6.54 Å². The van der Waals surface area contributed by atoms with Gasteiger partial charge in [0.1, 0.15) is 30.2 Å². The van der Waals surface area contributed by atoms with Crippen molar-refractivity contribution in [2.45, 2.75) is 115 Å². The van der Waals surface area contributed by atoms with Crippen LogP contribution in [-0.2, 0) is 38.4 Å². The number of nitrogens with zero attached hydrogens (tertiary/aromatic N) is 1. The van der Waals surface area contributed by atoms with Gasteiger partial charge in [-0.2, -0.15) is 0 Å². The first-order valence-electron chi connectivity index (χ1n) is 16.6. The van der Waals surface area contributed by atoms with E-state index < -0.39 is 115 Å². The zero-order valence-electron chi connectivity index (χ0n) is 30.3. The number of aliphatic hydroxyl groups excluding tert-OH is 3. The number of carbonyl (C=O) groups is 8. The Morgan fingerprint density at radius 2 is 1.13 bits per heavy atom. The number of amides is 7. The van der Waals surface area contributed by atoms with Crippen LogP contribution in [0.1, 0.15) is 60.3 Å². The normalized spacial score (nSPS) is 16.1. The molecule has 0 aliphatic rings. The van der Waals surface area contributed by atoms with E-state index in [1.807, 2.05) is 13.8 Å². The molecular weight excluding hydrogens is 706 g/mol. The molecule has 0 aromatic carbocycles. The van der Waals surface area contributed by atoms with E-state index in [1.165, 1.54) is 13.8 Å². The zero-order chi connectivity index (χ0) is 41.2. The third-order valence-corrected chi connectivity index (χ3v) is 7.36. The molecule has 23 nitrogen and oxygen atoms in total. The van der Waals surface area contributed by atoms with E-state index in [1.54, 1.807) is 0 Å². The van der Waals surface area contributed by atoms with Crippen LogP contribution in [0.25, 0.3) is 0 Å². The van der Waals surface area contributed by atoms with Crippen LogP contribution in [-0.4, -0.2) is 141 Å². The summed E-state index contributed by atoms with van der Waals surface area (Å²) in [7, 11) is 0. The number of carboxylic acids is 1. The minimum atomic E-state index is -1.79. The second-order valence-electron chi connectivity index (χ2n) is 12.7. The highest BCUT2D eigenvalue weighted by atomic mass is 16.4. The topological polar surface area (TPSA) is 406 Å². The lowest BCUT2D eigenvalue weighted by Gasteiger charge is -2.27. The number of aliphatic carboxylic acids is 1. The number of nitrogens with two attached hydrogens (primary N) is 4. The van der Waals surface area contributed by atoms with E-state index in [4.69, 9.17) is 22.9 Å². The van der Waals surface area contributed by atoms with Crippen LogP contribution in [0, 0.1) is 5.92 Å². The average Bonchev–Trinajstić information content (AvgIpc) is 3.03. The molecular formula is C30H55N11O12. The Hall–Kier alpha value is -5.13. The predicted molar refractivity (Wildman–Crippen MR) is 186 cm³/mol. The molecule has 302 valence electrons. The summed E-state index contributed by atoms with van der Waals surface area (Å²) in [5.74, 6) is -9.06. The molecule has 0 fully saturated rings. The fourth-order valence-electron chi connectivity index (χ4n) is 4.51. The second-order valence-corrected chi connectivity index (χ2v) is 12.7. The standard InChI is InChI=1S/C30H55N11O12/c1-12(2)9-16(31)24(47)40-21(14(4)43)28(51)39-19(11-42)27(50)38-18(10-20(32)45)26(49)37-17(7-6-8-35-30(33)34)25(48)36-13(3)23(46)41-22(15(5)44)29(52)53/h12-19,21-22,42-44H,6-11,31H2,1-5H3,(H2,32,45)(H,36,48)(H,37,49)(H,38,50)(H,39,51)(H,40,47)(H,41,46)(H,52,53)(H4,33,34,35)/t13-,14+,15+,16-,17-,18-,19-,21-,22-/m0/s1.